The summed E-state index contributed by atoms with van der Waals surface area (Å²) in [5.74, 6) is -2.77. The van der Waals surface area contributed by atoms with Crippen LogP contribution in [0.4, 0.5) is 4.79 Å². The van der Waals surface area contributed by atoms with E-state index in [9.17, 15) is 24.0 Å². The number of carbonyl (C=O) groups excluding carboxylic acids is 5. The standard InChI is InChI=1S/C16H15N3O5/c1-9(2)19-15(23)14(22)18(16(19)24)8-7-17-12(20)10-5-3-4-6-11(10)13(17)21/h3-6,9H,7-8H2,1-2H3. The number of imide groups is 3. The van der Waals surface area contributed by atoms with Gasteiger partial charge < -0.3 is 0 Å². The molecule has 0 saturated carbocycles. The molecule has 0 spiro atoms. The molecule has 0 unspecified atom stereocenters. The largest absolute Gasteiger partial charge is 0.334 e. The molecule has 1 saturated heterocycles. The predicted molar refractivity (Wildman–Crippen MR) is 80.9 cm³/mol. The van der Waals surface area contributed by atoms with Crippen LogP contribution in [0.25, 0.3) is 0 Å². The number of nitrogens with zero attached hydrogens (tertiary/aromatic N) is 3. The molecule has 24 heavy (non-hydrogen) atoms. The van der Waals surface area contributed by atoms with Crippen molar-refractivity contribution in [2.24, 2.45) is 0 Å². The van der Waals surface area contributed by atoms with Gasteiger partial charge in [0.25, 0.3) is 11.8 Å². The van der Waals surface area contributed by atoms with Crippen molar-refractivity contribution in [3.63, 3.8) is 0 Å². The number of rotatable bonds is 4. The molecule has 1 aromatic carbocycles. The van der Waals surface area contributed by atoms with Crippen LogP contribution in [0.5, 0.6) is 0 Å². The zero-order chi connectivity index (χ0) is 17.6. The van der Waals surface area contributed by atoms with Gasteiger partial charge in [-0.05, 0) is 26.0 Å². The molecule has 0 atom stereocenters. The van der Waals surface area contributed by atoms with Crippen molar-refractivity contribution in [2.75, 3.05) is 13.1 Å². The molecule has 0 aromatic heterocycles. The van der Waals surface area contributed by atoms with E-state index in [1.807, 2.05) is 0 Å². The van der Waals surface area contributed by atoms with E-state index in [-0.39, 0.29) is 13.1 Å². The van der Waals surface area contributed by atoms with E-state index in [1.165, 1.54) is 0 Å². The summed E-state index contributed by atoms with van der Waals surface area (Å²) in [7, 11) is 0. The molecular formula is C16H15N3O5. The van der Waals surface area contributed by atoms with Gasteiger partial charge in [0.05, 0.1) is 11.1 Å². The summed E-state index contributed by atoms with van der Waals surface area (Å²) < 4.78 is 0. The maximum absolute atomic E-state index is 12.3. The highest BCUT2D eigenvalue weighted by Gasteiger charge is 2.46. The molecule has 124 valence electrons. The lowest BCUT2D eigenvalue weighted by Gasteiger charge is -2.20. The fourth-order valence-corrected chi connectivity index (χ4v) is 2.82. The molecular weight excluding hydrogens is 314 g/mol. The first kappa shape index (κ1) is 15.9. The van der Waals surface area contributed by atoms with Crippen LogP contribution in [0, 0.1) is 0 Å². The Morgan fingerprint density at radius 1 is 0.750 bits per heavy atom. The van der Waals surface area contributed by atoms with Gasteiger partial charge in [0.1, 0.15) is 0 Å². The maximum atomic E-state index is 12.3. The zero-order valence-corrected chi connectivity index (χ0v) is 13.2. The monoisotopic (exact) mass is 329 g/mol. The van der Waals surface area contributed by atoms with Gasteiger partial charge in [-0.25, -0.2) is 4.79 Å². The third-order valence-corrected chi connectivity index (χ3v) is 4.03. The molecule has 0 radical (unpaired) electrons. The summed E-state index contributed by atoms with van der Waals surface area (Å²) in [6.07, 6.45) is 0. The molecule has 2 aliphatic rings. The third-order valence-electron chi connectivity index (χ3n) is 4.03. The number of fused-ring (bicyclic) bond motifs is 1. The smallest absolute Gasteiger partial charge is 0.273 e. The van der Waals surface area contributed by atoms with Crippen LogP contribution in [0.3, 0.4) is 0 Å². The van der Waals surface area contributed by atoms with Gasteiger partial charge in [-0.15, -0.1) is 0 Å². The van der Waals surface area contributed by atoms with E-state index in [2.05, 4.69) is 0 Å². The predicted octanol–water partition coefficient (Wildman–Crippen LogP) is 0.482. The Hall–Kier alpha value is -3.03. The quantitative estimate of drug-likeness (QED) is 0.455. The highest BCUT2D eigenvalue weighted by Crippen LogP contribution is 2.23. The molecule has 2 aliphatic heterocycles. The average molecular weight is 329 g/mol. The highest BCUT2D eigenvalue weighted by molar-refractivity contribution is 6.44. The number of amides is 6. The van der Waals surface area contributed by atoms with Crippen LogP contribution in [-0.4, -0.2) is 63.5 Å². The fraction of sp³-hybridized carbons (Fsp3) is 0.312. The first-order valence-corrected chi connectivity index (χ1v) is 7.48. The second kappa shape index (κ2) is 5.55. The molecule has 1 aromatic rings. The second-order valence-electron chi connectivity index (χ2n) is 5.82. The second-order valence-corrected chi connectivity index (χ2v) is 5.82. The highest BCUT2D eigenvalue weighted by atomic mass is 16.2. The van der Waals surface area contributed by atoms with Crippen molar-refractivity contribution < 1.29 is 24.0 Å². The number of hydrogen-bond donors (Lipinski definition) is 0. The zero-order valence-electron chi connectivity index (χ0n) is 13.2. The SMILES string of the molecule is CC(C)N1C(=O)C(=O)N(CCN2C(=O)c3ccccc3C2=O)C1=O. The molecule has 0 N–H and O–H groups in total. The van der Waals surface area contributed by atoms with Crippen molar-refractivity contribution in [2.45, 2.75) is 19.9 Å². The van der Waals surface area contributed by atoms with Gasteiger partial charge in [0.15, 0.2) is 0 Å². The number of hydrogen-bond acceptors (Lipinski definition) is 5. The van der Waals surface area contributed by atoms with Crippen LogP contribution < -0.4 is 0 Å². The summed E-state index contributed by atoms with van der Waals surface area (Å²) in [4.78, 5) is 63.1. The molecule has 2 heterocycles. The first-order valence-electron chi connectivity index (χ1n) is 7.48. The number of carbonyl (C=O) groups is 5. The lowest BCUT2D eigenvalue weighted by molar-refractivity contribution is -0.143. The van der Waals surface area contributed by atoms with Crippen molar-refractivity contribution >= 4 is 29.7 Å². The lowest BCUT2D eigenvalue weighted by Crippen LogP contribution is -2.42. The Kier molecular flexibility index (Phi) is 3.67. The van der Waals surface area contributed by atoms with Gasteiger partial charge >= 0.3 is 17.8 Å². The van der Waals surface area contributed by atoms with Crippen LogP contribution in [-0.2, 0) is 9.59 Å². The van der Waals surface area contributed by atoms with E-state index < -0.39 is 35.7 Å². The van der Waals surface area contributed by atoms with Gasteiger partial charge in [-0.1, -0.05) is 12.1 Å². The molecule has 8 nitrogen and oxygen atoms in total. The Bertz CT molecular complexity index is 751. The topological polar surface area (TPSA) is 95.1 Å². The summed E-state index contributed by atoms with van der Waals surface area (Å²) in [5, 5.41) is 0. The van der Waals surface area contributed by atoms with Crippen LogP contribution in [0.2, 0.25) is 0 Å². The van der Waals surface area contributed by atoms with Crippen LogP contribution in [0.1, 0.15) is 34.6 Å². The molecule has 6 amide bonds. The summed E-state index contributed by atoms with van der Waals surface area (Å²) in [6.45, 7) is 2.88. The lowest BCUT2D eigenvalue weighted by atomic mass is 10.1. The van der Waals surface area contributed by atoms with Gasteiger partial charge in [0.2, 0.25) is 0 Å². The number of urea groups is 1. The van der Waals surface area contributed by atoms with E-state index in [4.69, 9.17) is 0 Å². The number of benzene rings is 1. The molecule has 0 bridgehead atoms. The Morgan fingerprint density at radius 3 is 1.71 bits per heavy atom. The van der Waals surface area contributed by atoms with E-state index in [1.54, 1.807) is 38.1 Å². The molecule has 3 rings (SSSR count). The minimum absolute atomic E-state index is 0.150. The minimum atomic E-state index is -0.940. The minimum Gasteiger partial charge on any atom is -0.273 e. The Morgan fingerprint density at radius 2 is 1.25 bits per heavy atom. The summed E-state index contributed by atoms with van der Waals surface area (Å²) in [6, 6.07) is 5.23. The summed E-state index contributed by atoms with van der Waals surface area (Å²) >= 11 is 0. The Labute approximate surface area is 137 Å². The van der Waals surface area contributed by atoms with Crippen molar-refractivity contribution in [1.29, 1.82) is 0 Å². The van der Waals surface area contributed by atoms with Crippen molar-refractivity contribution in [3.8, 4) is 0 Å². The van der Waals surface area contributed by atoms with Gasteiger partial charge in [0, 0.05) is 19.1 Å². The van der Waals surface area contributed by atoms with Crippen molar-refractivity contribution in [1.82, 2.24) is 14.7 Å². The third kappa shape index (κ3) is 2.18. The normalized spacial score (nSPS) is 17.6. The van der Waals surface area contributed by atoms with E-state index >= 15 is 0 Å². The van der Waals surface area contributed by atoms with E-state index in [0.29, 0.717) is 11.1 Å². The molecule has 1 fully saturated rings. The summed E-state index contributed by atoms with van der Waals surface area (Å²) in [5.41, 5.74) is 0.586. The molecule has 8 heteroatoms. The van der Waals surface area contributed by atoms with Crippen LogP contribution in [0.15, 0.2) is 24.3 Å². The Balaban J connectivity index is 1.75. The fourth-order valence-electron chi connectivity index (χ4n) is 2.82. The van der Waals surface area contributed by atoms with Crippen molar-refractivity contribution in [3.05, 3.63) is 35.4 Å². The average Bonchev–Trinajstić information content (AvgIpc) is 2.91. The van der Waals surface area contributed by atoms with Gasteiger partial charge in [-0.2, -0.15) is 0 Å². The molecule has 0 aliphatic carbocycles. The first-order chi connectivity index (χ1) is 11.3. The maximum Gasteiger partial charge on any atom is 0.334 e. The van der Waals surface area contributed by atoms with Crippen LogP contribution >= 0.6 is 0 Å². The van der Waals surface area contributed by atoms with Gasteiger partial charge in [-0.3, -0.25) is 33.9 Å². The van der Waals surface area contributed by atoms with E-state index in [0.717, 1.165) is 14.7 Å².